The van der Waals surface area contributed by atoms with E-state index in [1.807, 2.05) is 0 Å². The molecule has 0 radical (unpaired) electrons. The minimum Gasteiger partial charge on any atom is -0.269 e. The number of aryl methyl sites for hydroxylation is 1. The first kappa shape index (κ1) is 14.3. The van der Waals surface area contributed by atoms with E-state index in [0.717, 1.165) is 16.7 Å². The average molecular weight is 292 g/mol. The van der Waals surface area contributed by atoms with Crippen LogP contribution < -0.4 is 0 Å². The fourth-order valence-corrected chi connectivity index (χ4v) is 2.74. The number of carbonyl (C=O) groups excluding carboxylic acids is 2. The van der Waals surface area contributed by atoms with Gasteiger partial charge in [0.15, 0.2) is 0 Å². The van der Waals surface area contributed by atoms with Gasteiger partial charge in [0.1, 0.15) is 0 Å². The zero-order chi connectivity index (χ0) is 14.9. The molecule has 1 heterocycles. The Morgan fingerprint density at radius 3 is 2.65 bits per heavy atom. The number of nitro groups is 1. The summed E-state index contributed by atoms with van der Waals surface area (Å²) in [5.74, 6) is -0.356. The number of hydrogen-bond acceptors (Lipinski definition) is 5. The Balaban J connectivity index is 2.37. The second-order valence-corrected chi connectivity index (χ2v) is 5.22. The maximum Gasteiger partial charge on any atom is 0.293 e. The summed E-state index contributed by atoms with van der Waals surface area (Å²) in [6, 6.07) is 4.70. The van der Waals surface area contributed by atoms with E-state index in [2.05, 4.69) is 0 Å². The van der Waals surface area contributed by atoms with Crippen molar-refractivity contribution >= 4 is 34.7 Å². The molecular weight excluding hydrogens is 280 g/mol. The number of likely N-dealkylation sites (N-methyl/N-ethyl adjacent to an activating group) is 1. The molecule has 0 bridgehead atoms. The number of nitro benzene ring substituents is 1. The predicted molar refractivity (Wildman–Crippen MR) is 76.2 cm³/mol. The molecule has 20 heavy (non-hydrogen) atoms. The van der Waals surface area contributed by atoms with Crippen molar-refractivity contribution in [1.82, 2.24) is 4.90 Å². The van der Waals surface area contributed by atoms with Gasteiger partial charge in [-0.05, 0) is 37.2 Å². The number of hydrogen-bond donors (Lipinski definition) is 0. The van der Waals surface area contributed by atoms with Crippen LogP contribution in [0.1, 0.15) is 18.1 Å². The lowest BCUT2D eigenvalue weighted by atomic mass is 10.1. The number of thioether (sulfide) groups is 1. The van der Waals surface area contributed by atoms with Crippen LogP contribution in [0, 0.1) is 17.0 Å². The Morgan fingerprint density at radius 1 is 1.40 bits per heavy atom. The van der Waals surface area contributed by atoms with E-state index >= 15 is 0 Å². The van der Waals surface area contributed by atoms with Crippen molar-refractivity contribution in [1.29, 1.82) is 0 Å². The third kappa shape index (κ3) is 2.57. The molecule has 0 spiro atoms. The lowest BCUT2D eigenvalue weighted by molar-refractivity contribution is -0.385. The van der Waals surface area contributed by atoms with E-state index in [4.69, 9.17) is 0 Å². The Morgan fingerprint density at radius 2 is 2.10 bits per heavy atom. The maximum absolute atomic E-state index is 11.9. The van der Waals surface area contributed by atoms with Gasteiger partial charge in [-0.2, -0.15) is 0 Å². The van der Waals surface area contributed by atoms with Crippen LogP contribution in [0.3, 0.4) is 0 Å². The van der Waals surface area contributed by atoms with Gasteiger partial charge in [0.25, 0.3) is 16.8 Å². The smallest absolute Gasteiger partial charge is 0.269 e. The molecular formula is C13H12N2O4S. The quantitative estimate of drug-likeness (QED) is 0.486. The molecule has 1 aromatic rings. The van der Waals surface area contributed by atoms with E-state index in [0.29, 0.717) is 17.7 Å². The van der Waals surface area contributed by atoms with Crippen molar-refractivity contribution < 1.29 is 14.5 Å². The molecule has 1 fully saturated rings. The summed E-state index contributed by atoms with van der Waals surface area (Å²) < 4.78 is 0. The van der Waals surface area contributed by atoms with Crippen molar-refractivity contribution in [3.05, 3.63) is 44.3 Å². The lowest BCUT2D eigenvalue weighted by Gasteiger charge is -2.07. The van der Waals surface area contributed by atoms with Crippen LogP contribution in [0.4, 0.5) is 10.5 Å². The molecule has 0 aliphatic carbocycles. The van der Waals surface area contributed by atoms with Crippen LogP contribution in [0.15, 0.2) is 23.1 Å². The Bertz CT molecular complexity index is 639. The first-order chi connectivity index (χ1) is 9.43. The normalized spacial score (nSPS) is 17.1. The van der Waals surface area contributed by atoms with E-state index in [-0.39, 0.29) is 21.7 Å². The minimum atomic E-state index is -0.468. The lowest BCUT2D eigenvalue weighted by Crippen LogP contribution is -2.27. The molecule has 104 valence electrons. The van der Waals surface area contributed by atoms with Crippen molar-refractivity contribution in [2.24, 2.45) is 0 Å². The molecule has 1 aliphatic heterocycles. The zero-order valence-electron chi connectivity index (χ0n) is 11.0. The standard InChI is InChI=1S/C13H12N2O4S/c1-3-14-12(16)11(20-13(14)17)7-9-5-4-8(2)10(6-9)15(18)19/h4-7H,3H2,1-2H3/b11-7-. The van der Waals surface area contributed by atoms with Gasteiger partial charge in [0, 0.05) is 18.2 Å². The molecule has 0 saturated carbocycles. The second kappa shape index (κ2) is 5.46. The van der Waals surface area contributed by atoms with Crippen molar-refractivity contribution in [3.63, 3.8) is 0 Å². The second-order valence-electron chi connectivity index (χ2n) is 4.23. The molecule has 1 saturated heterocycles. The number of amides is 2. The highest BCUT2D eigenvalue weighted by Crippen LogP contribution is 2.32. The van der Waals surface area contributed by atoms with Crippen molar-refractivity contribution in [2.45, 2.75) is 13.8 Å². The summed E-state index contributed by atoms with van der Waals surface area (Å²) in [6.07, 6.45) is 1.51. The summed E-state index contributed by atoms with van der Waals surface area (Å²) in [7, 11) is 0. The molecule has 7 heteroatoms. The largest absolute Gasteiger partial charge is 0.293 e. The highest BCUT2D eigenvalue weighted by atomic mass is 32.2. The topological polar surface area (TPSA) is 80.5 Å². The van der Waals surface area contributed by atoms with Gasteiger partial charge in [-0.3, -0.25) is 24.6 Å². The molecule has 1 aromatic carbocycles. The summed E-state index contributed by atoms with van der Waals surface area (Å²) in [5.41, 5.74) is 1.08. The number of rotatable bonds is 3. The SMILES string of the molecule is CCN1C(=O)S/C(=C\c2ccc(C)c([N+](=O)[O-])c2)C1=O. The number of imide groups is 1. The van der Waals surface area contributed by atoms with Crippen LogP contribution in [-0.4, -0.2) is 27.5 Å². The van der Waals surface area contributed by atoms with Gasteiger partial charge in [-0.1, -0.05) is 12.1 Å². The van der Waals surface area contributed by atoms with Crippen molar-refractivity contribution in [2.75, 3.05) is 6.54 Å². The summed E-state index contributed by atoms with van der Waals surface area (Å²) in [6.45, 7) is 3.68. The highest BCUT2D eigenvalue weighted by molar-refractivity contribution is 8.18. The van der Waals surface area contributed by atoms with Crippen molar-refractivity contribution in [3.8, 4) is 0 Å². The predicted octanol–water partition coefficient (Wildman–Crippen LogP) is 2.96. The van der Waals surface area contributed by atoms with Crippen LogP contribution >= 0.6 is 11.8 Å². The fraction of sp³-hybridized carbons (Fsp3) is 0.231. The number of carbonyl (C=O) groups is 2. The van der Waals surface area contributed by atoms with E-state index in [9.17, 15) is 19.7 Å². The molecule has 0 aromatic heterocycles. The Labute approximate surface area is 119 Å². The number of nitrogens with zero attached hydrogens (tertiary/aromatic N) is 2. The zero-order valence-corrected chi connectivity index (χ0v) is 11.8. The molecule has 1 aliphatic rings. The average Bonchev–Trinajstić information content (AvgIpc) is 2.66. The Hall–Kier alpha value is -2.15. The van der Waals surface area contributed by atoms with Crippen LogP contribution in [0.2, 0.25) is 0 Å². The third-order valence-electron chi connectivity index (χ3n) is 2.92. The van der Waals surface area contributed by atoms with Gasteiger partial charge in [0.05, 0.1) is 9.83 Å². The molecule has 0 atom stereocenters. The van der Waals surface area contributed by atoms with Gasteiger partial charge >= 0.3 is 0 Å². The Kier molecular flexibility index (Phi) is 3.89. The first-order valence-electron chi connectivity index (χ1n) is 5.94. The number of benzene rings is 1. The first-order valence-corrected chi connectivity index (χ1v) is 6.76. The molecule has 0 N–H and O–H groups in total. The molecule has 2 rings (SSSR count). The van der Waals surface area contributed by atoms with Gasteiger partial charge < -0.3 is 0 Å². The maximum atomic E-state index is 11.9. The monoisotopic (exact) mass is 292 g/mol. The van der Waals surface area contributed by atoms with Gasteiger partial charge in [0.2, 0.25) is 0 Å². The minimum absolute atomic E-state index is 0.00605. The summed E-state index contributed by atoms with van der Waals surface area (Å²) in [5, 5.41) is 10.6. The van der Waals surface area contributed by atoms with E-state index in [1.54, 1.807) is 26.0 Å². The fourth-order valence-electron chi connectivity index (χ4n) is 1.84. The van der Waals surface area contributed by atoms with Gasteiger partial charge in [-0.15, -0.1) is 0 Å². The van der Waals surface area contributed by atoms with Crippen LogP contribution in [0.25, 0.3) is 6.08 Å². The molecule has 6 nitrogen and oxygen atoms in total. The van der Waals surface area contributed by atoms with E-state index < -0.39 is 4.92 Å². The summed E-state index contributed by atoms with van der Waals surface area (Å²) >= 11 is 0.848. The van der Waals surface area contributed by atoms with Crippen LogP contribution in [-0.2, 0) is 4.79 Å². The molecule has 2 amide bonds. The highest BCUT2D eigenvalue weighted by Gasteiger charge is 2.33. The van der Waals surface area contributed by atoms with Gasteiger partial charge in [-0.25, -0.2) is 0 Å². The van der Waals surface area contributed by atoms with E-state index in [1.165, 1.54) is 12.1 Å². The summed E-state index contributed by atoms with van der Waals surface area (Å²) in [4.78, 5) is 35.3. The molecule has 0 unspecified atom stereocenters. The van der Waals surface area contributed by atoms with Crippen LogP contribution in [0.5, 0.6) is 0 Å². The third-order valence-corrected chi connectivity index (χ3v) is 3.82.